The average molecular weight is 239 g/mol. The van der Waals surface area contributed by atoms with Crippen molar-refractivity contribution >= 4 is 11.9 Å². The van der Waals surface area contributed by atoms with Gasteiger partial charge in [0.1, 0.15) is 0 Å². The number of amides is 1. The molecular formula is C11H17N3O3. The molecule has 2 N–H and O–H groups in total. The minimum Gasteiger partial charge on any atom is -0.481 e. The van der Waals surface area contributed by atoms with Gasteiger partial charge in [-0.15, -0.1) is 0 Å². The fraction of sp³-hybridized carbons (Fsp3) is 0.545. The van der Waals surface area contributed by atoms with Crippen LogP contribution in [0.3, 0.4) is 0 Å². The molecular weight excluding hydrogens is 222 g/mol. The van der Waals surface area contributed by atoms with Gasteiger partial charge >= 0.3 is 5.97 Å². The van der Waals surface area contributed by atoms with Crippen LogP contribution in [0.5, 0.6) is 0 Å². The molecule has 1 aromatic rings. The molecule has 1 rings (SSSR count). The Morgan fingerprint density at radius 1 is 1.59 bits per heavy atom. The van der Waals surface area contributed by atoms with Gasteiger partial charge in [0.05, 0.1) is 18.7 Å². The van der Waals surface area contributed by atoms with E-state index in [2.05, 4.69) is 10.4 Å². The molecule has 0 aliphatic rings. The highest BCUT2D eigenvalue weighted by molar-refractivity contribution is 5.75. The van der Waals surface area contributed by atoms with Gasteiger partial charge in [-0.05, 0) is 6.42 Å². The predicted molar refractivity (Wildman–Crippen MR) is 61.3 cm³/mol. The number of nitrogens with one attached hydrogen (secondary N) is 1. The van der Waals surface area contributed by atoms with Crippen LogP contribution in [0.15, 0.2) is 12.4 Å². The van der Waals surface area contributed by atoms with Crippen molar-refractivity contribution in [3.8, 4) is 0 Å². The Bertz CT molecular complexity index is 384. The van der Waals surface area contributed by atoms with Crippen molar-refractivity contribution in [2.24, 2.45) is 0 Å². The van der Waals surface area contributed by atoms with Crippen LogP contribution in [-0.2, 0) is 16.1 Å². The molecule has 1 heterocycles. The molecule has 0 radical (unpaired) electrons. The lowest BCUT2D eigenvalue weighted by Gasteiger charge is -2.13. The van der Waals surface area contributed by atoms with Gasteiger partial charge < -0.3 is 10.4 Å². The van der Waals surface area contributed by atoms with E-state index in [1.807, 2.05) is 6.92 Å². The van der Waals surface area contributed by atoms with Gasteiger partial charge in [0.2, 0.25) is 5.91 Å². The van der Waals surface area contributed by atoms with Crippen LogP contribution in [0.1, 0.15) is 38.3 Å². The summed E-state index contributed by atoms with van der Waals surface area (Å²) < 4.78 is 1.74. The molecule has 0 fully saturated rings. The van der Waals surface area contributed by atoms with Crippen molar-refractivity contribution in [3.63, 3.8) is 0 Å². The maximum atomic E-state index is 11.0. The summed E-state index contributed by atoms with van der Waals surface area (Å²) >= 11 is 0. The Labute approximate surface area is 99.6 Å². The van der Waals surface area contributed by atoms with Crippen LogP contribution in [0.4, 0.5) is 0 Å². The molecule has 17 heavy (non-hydrogen) atoms. The van der Waals surface area contributed by atoms with E-state index in [0.717, 1.165) is 18.5 Å². The summed E-state index contributed by atoms with van der Waals surface area (Å²) in [4.78, 5) is 21.7. The number of aliphatic carboxylic acids is 1. The van der Waals surface area contributed by atoms with E-state index in [1.54, 1.807) is 17.1 Å². The first-order valence-electron chi connectivity index (χ1n) is 5.54. The standard InChI is InChI=1S/C11H17N3O3/c1-3-4-14-7-9(6-12-14)10(5-11(16)17)13-8(2)15/h6-7,10H,3-5H2,1-2H3,(H,13,15)(H,16,17)/t10-/m0/s1. The van der Waals surface area contributed by atoms with Gasteiger partial charge in [0.15, 0.2) is 0 Å². The normalized spacial score (nSPS) is 12.1. The van der Waals surface area contributed by atoms with Crippen molar-refractivity contribution in [1.29, 1.82) is 0 Å². The first kappa shape index (κ1) is 13.2. The monoisotopic (exact) mass is 239 g/mol. The van der Waals surface area contributed by atoms with E-state index in [4.69, 9.17) is 5.11 Å². The zero-order valence-electron chi connectivity index (χ0n) is 10.0. The second-order valence-corrected chi connectivity index (χ2v) is 3.89. The number of carbonyl (C=O) groups excluding carboxylic acids is 1. The number of nitrogens with zero attached hydrogens (tertiary/aromatic N) is 2. The highest BCUT2D eigenvalue weighted by atomic mass is 16.4. The molecule has 1 atom stereocenters. The van der Waals surface area contributed by atoms with E-state index in [0.29, 0.717) is 0 Å². The SMILES string of the molecule is CCCn1cc([C@H](CC(=O)O)NC(C)=O)cn1. The van der Waals surface area contributed by atoms with Crippen molar-refractivity contribution in [2.75, 3.05) is 0 Å². The Morgan fingerprint density at radius 2 is 2.29 bits per heavy atom. The lowest BCUT2D eigenvalue weighted by atomic mass is 10.1. The predicted octanol–water partition coefficient (Wildman–Crippen LogP) is 0.945. The van der Waals surface area contributed by atoms with Gasteiger partial charge in [-0.25, -0.2) is 0 Å². The number of carboxylic acids is 1. The van der Waals surface area contributed by atoms with E-state index in [1.165, 1.54) is 6.92 Å². The van der Waals surface area contributed by atoms with Gasteiger partial charge in [-0.2, -0.15) is 5.10 Å². The largest absolute Gasteiger partial charge is 0.481 e. The van der Waals surface area contributed by atoms with Gasteiger partial charge in [0, 0.05) is 25.2 Å². The highest BCUT2D eigenvalue weighted by Crippen LogP contribution is 2.16. The summed E-state index contributed by atoms with van der Waals surface area (Å²) in [6.07, 6.45) is 4.18. The second kappa shape index (κ2) is 6.03. The first-order chi connectivity index (χ1) is 8.02. The molecule has 0 spiro atoms. The summed E-state index contributed by atoms with van der Waals surface area (Å²) in [7, 11) is 0. The Hall–Kier alpha value is -1.85. The van der Waals surface area contributed by atoms with Crippen molar-refractivity contribution in [1.82, 2.24) is 15.1 Å². The fourth-order valence-corrected chi connectivity index (χ4v) is 1.58. The number of hydrogen-bond donors (Lipinski definition) is 2. The maximum absolute atomic E-state index is 11.0. The zero-order valence-corrected chi connectivity index (χ0v) is 10.0. The highest BCUT2D eigenvalue weighted by Gasteiger charge is 2.18. The Balaban J connectivity index is 2.79. The second-order valence-electron chi connectivity index (χ2n) is 3.89. The van der Waals surface area contributed by atoms with Crippen molar-refractivity contribution < 1.29 is 14.7 Å². The van der Waals surface area contributed by atoms with Gasteiger partial charge in [-0.3, -0.25) is 14.3 Å². The van der Waals surface area contributed by atoms with E-state index < -0.39 is 12.0 Å². The summed E-state index contributed by atoms with van der Waals surface area (Å²) in [6, 6.07) is -0.518. The third-order valence-electron chi connectivity index (χ3n) is 2.26. The number of aryl methyl sites for hydroxylation is 1. The summed E-state index contributed by atoms with van der Waals surface area (Å²) in [5.41, 5.74) is 0.719. The lowest BCUT2D eigenvalue weighted by Crippen LogP contribution is -2.27. The molecule has 0 aliphatic heterocycles. The number of carboxylic acid groups (broad SMARTS) is 1. The van der Waals surface area contributed by atoms with Crippen molar-refractivity contribution in [2.45, 2.75) is 39.3 Å². The molecule has 0 saturated heterocycles. The zero-order chi connectivity index (χ0) is 12.8. The molecule has 6 nitrogen and oxygen atoms in total. The Kier molecular flexibility index (Phi) is 4.68. The summed E-state index contributed by atoms with van der Waals surface area (Å²) in [5.74, 6) is -1.20. The van der Waals surface area contributed by atoms with Crippen molar-refractivity contribution in [3.05, 3.63) is 18.0 Å². The van der Waals surface area contributed by atoms with Crippen LogP contribution >= 0.6 is 0 Å². The summed E-state index contributed by atoms with van der Waals surface area (Å²) in [5, 5.41) is 15.5. The third-order valence-corrected chi connectivity index (χ3v) is 2.26. The molecule has 0 unspecified atom stereocenters. The van der Waals surface area contributed by atoms with Crippen LogP contribution in [0.2, 0.25) is 0 Å². The third kappa shape index (κ3) is 4.26. The minimum atomic E-state index is -0.952. The Morgan fingerprint density at radius 3 is 2.82 bits per heavy atom. The number of hydrogen-bond acceptors (Lipinski definition) is 3. The topological polar surface area (TPSA) is 84.2 Å². The number of aromatic nitrogens is 2. The van der Waals surface area contributed by atoms with Crippen LogP contribution in [-0.4, -0.2) is 26.8 Å². The van der Waals surface area contributed by atoms with Crippen LogP contribution < -0.4 is 5.32 Å². The molecule has 94 valence electrons. The molecule has 6 heteroatoms. The van der Waals surface area contributed by atoms with Gasteiger partial charge in [-0.1, -0.05) is 6.92 Å². The quantitative estimate of drug-likeness (QED) is 0.774. The molecule has 1 amide bonds. The molecule has 0 aromatic carbocycles. The molecule has 0 aliphatic carbocycles. The smallest absolute Gasteiger partial charge is 0.305 e. The first-order valence-corrected chi connectivity index (χ1v) is 5.54. The maximum Gasteiger partial charge on any atom is 0.305 e. The fourth-order valence-electron chi connectivity index (χ4n) is 1.58. The van der Waals surface area contributed by atoms with Gasteiger partial charge in [0.25, 0.3) is 0 Å². The minimum absolute atomic E-state index is 0.141. The molecule has 0 saturated carbocycles. The summed E-state index contributed by atoms with van der Waals surface area (Å²) in [6.45, 7) is 4.18. The van der Waals surface area contributed by atoms with E-state index in [9.17, 15) is 9.59 Å². The molecule has 0 bridgehead atoms. The van der Waals surface area contributed by atoms with Crippen LogP contribution in [0.25, 0.3) is 0 Å². The van der Waals surface area contributed by atoms with E-state index in [-0.39, 0.29) is 12.3 Å². The average Bonchev–Trinajstić information content (AvgIpc) is 2.64. The van der Waals surface area contributed by atoms with E-state index >= 15 is 0 Å². The number of carbonyl (C=O) groups is 2. The number of rotatable bonds is 6. The lowest BCUT2D eigenvalue weighted by molar-refractivity contribution is -0.137. The molecule has 1 aromatic heterocycles. The van der Waals surface area contributed by atoms with Crippen LogP contribution in [0, 0.1) is 0 Å².